The quantitative estimate of drug-likeness (QED) is 0.686. The van der Waals surface area contributed by atoms with E-state index >= 15 is 0 Å². The van der Waals surface area contributed by atoms with E-state index < -0.39 is 0 Å². The van der Waals surface area contributed by atoms with Crippen LogP contribution in [0.3, 0.4) is 0 Å². The lowest BCUT2D eigenvalue weighted by Crippen LogP contribution is -2.51. The van der Waals surface area contributed by atoms with E-state index in [1.807, 2.05) is 0 Å². The van der Waals surface area contributed by atoms with Crippen LogP contribution in [0.2, 0.25) is 0 Å². The Hall–Kier alpha value is -0.520. The summed E-state index contributed by atoms with van der Waals surface area (Å²) >= 11 is 6.12. The van der Waals surface area contributed by atoms with Crippen LogP contribution in [0.5, 0.6) is 0 Å². The molecule has 2 amide bonds. The molecule has 98 valence electrons. The van der Waals surface area contributed by atoms with Gasteiger partial charge in [0.15, 0.2) is 0 Å². The first-order chi connectivity index (χ1) is 8.18. The highest BCUT2D eigenvalue weighted by atomic mass is 35.5. The minimum atomic E-state index is -0.265. The highest BCUT2D eigenvalue weighted by molar-refractivity contribution is 6.21. The third kappa shape index (κ3) is 3.24. The van der Waals surface area contributed by atoms with Gasteiger partial charge in [-0.25, -0.2) is 9.21 Å². The molecule has 2 aliphatic heterocycles. The maximum Gasteiger partial charge on any atom is 0.334 e. The Bertz CT molecular complexity index is 263. The van der Waals surface area contributed by atoms with E-state index in [2.05, 4.69) is 5.32 Å². The summed E-state index contributed by atoms with van der Waals surface area (Å²) in [6, 6.07) is -0.0305. The van der Waals surface area contributed by atoms with E-state index in [0.29, 0.717) is 25.9 Å². The molecule has 2 aliphatic rings. The van der Waals surface area contributed by atoms with Crippen LogP contribution in [0.25, 0.3) is 0 Å². The van der Waals surface area contributed by atoms with Gasteiger partial charge in [-0.1, -0.05) is 0 Å². The number of rotatable bonds is 1. The van der Waals surface area contributed by atoms with Gasteiger partial charge in [0.2, 0.25) is 0 Å². The molecule has 2 fully saturated rings. The van der Waals surface area contributed by atoms with Gasteiger partial charge in [-0.3, -0.25) is 0 Å². The molecule has 0 aliphatic carbocycles. The van der Waals surface area contributed by atoms with Crippen molar-refractivity contribution >= 4 is 17.8 Å². The number of halogens is 1. The molecule has 0 aromatic carbocycles. The Kier molecular flexibility index (Phi) is 4.48. The first kappa shape index (κ1) is 12.9. The average Bonchev–Trinajstić information content (AvgIpc) is 2.39. The van der Waals surface area contributed by atoms with Gasteiger partial charge in [0.1, 0.15) is 0 Å². The molecule has 5 nitrogen and oxygen atoms in total. The molecule has 2 N–H and O–H groups in total. The standard InChI is InChI=1S/C11H20ClN3O2/c12-15(9-2-1-5-13-8-9)11(17)14-6-3-10(16)4-7-14/h9-10,13,16H,1-8H2/t9-/m0/s1. The highest BCUT2D eigenvalue weighted by Gasteiger charge is 2.29. The van der Waals surface area contributed by atoms with Crippen molar-refractivity contribution in [3.63, 3.8) is 0 Å². The van der Waals surface area contributed by atoms with Crippen LogP contribution >= 0.6 is 11.8 Å². The van der Waals surface area contributed by atoms with Crippen LogP contribution in [0.1, 0.15) is 25.7 Å². The number of piperidine rings is 2. The number of carbonyl (C=O) groups excluding carboxylic acids is 1. The Morgan fingerprint density at radius 3 is 2.65 bits per heavy atom. The second-order valence-corrected chi connectivity index (χ2v) is 5.18. The molecule has 0 saturated carbocycles. The average molecular weight is 262 g/mol. The van der Waals surface area contributed by atoms with Crippen molar-refractivity contribution in [1.82, 2.24) is 14.6 Å². The number of likely N-dealkylation sites (tertiary alicyclic amines) is 1. The lowest BCUT2D eigenvalue weighted by Gasteiger charge is -2.35. The lowest BCUT2D eigenvalue weighted by molar-refractivity contribution is 0.0849. The van der Waals surface area contributed by atoms with E-state index in [1.165, 1.54) is 4.42 Å². The van der Waals surface area contributed by atoms with Crippen LogP contribution < -0.4 is 5.32 Å². The molecule has 0 bridgehead atoms. The van der Waals surface area contributed by atoms with Gasteiger partial charge >= 0.3 is 6.03 Å². The Balaban J connectivity index is 1.85. The molecule has 0 spiro atoms. The fourth-order valence-corrected chi connectivity index (χ4v) is 2.65. The summed E-state index contributed by atoms with van der Waals surface area (Å²) in [6.45, 7) is 2.98. The number of carbonyl (C=O) groups is 1. The van der Waals surface area contributed by atoms with Gasteiger partial charge in [-0.15, -0.1) is 0 Å². The number of nitrogens with zero attached hydrogens (tertiary/aromatic N) is 2. The number of hydrogen-bond donors (Lipinski definition) is 2. The van der Waals surface area contributed by atoms with Gasteiger partial charge in [0.25, 0.3) is 0 Å². The maximum atomic E-state index is 12.1. The number of urea groups is 1. The van der Waals surface area contributed by atoms with Gasteiger partial charge in [0.05, 0.1) is 12.1 Å². The Labute approximate surface area is 107 Å². The molecule has 0 unspecified atom stereocenters. The molecule has 2 rings (SSSR count). The fourth-order valence-electron chi connectivity index (χ4n) is 2.38. The molecular formula is C11H20ClN3O2. The first-order valence-corrected chi connectivity index (χ1v) is 6.65. The van der Waals surface area contributed by atoms with Crippen LogP contribution in [0.4, 0.5) is 4.79 Å². The molecule has 2 saturated heterocycles. The van der Waals surface area contributed by atoms with Gasteiger partial charge in [-0.05, 0) is 32.2 Å². The van der Waals surface area contributed by atoms with Crippen molar-refractivity contribution in [2.45, 2.75) is 37.8 Å². The van der Waals surface area contributed by atoms with E-state index in [4.69, 9.17) is 11.8 Å². The predicted octanol–water partition coefficient (Wildman–Crippen LogP) is 0.771. The van der Waals surface area contributed by atoms with E-state index in [9.17, 15) is 9.90 Å². The fraction of sp³-hybridized carbons (Fsp3) is 0.909. The van der Waals surface area contributed by atoms with Gasteiger partial charge < -0.3 is 15.3 Å². The number of hydrogen-bond acceptors (Lipinski definition) is 3. The van der Waals surface area contributed by atoms with Crippen molar-refractivity contribution in [2.24, 2.45) is 0 Å². The zero-order valence-corrected chi connectivity index (χ0v) is 10.7. The van der Waals surface area contributed by atoms with Crippen molar-refractivity contribution in [3.05, 3.63) is 0 Å². The molecule has 0 aromatic heterocycles. The van der Waals surface area contributed by atoms with Crippen molar-refractivity contribution in [1.29, 1.82) is 0 Å². The van der Waals surface area contributed by atoms with Crippen LogP contribution in [0.15, 0.2) is 0 Å². The summed E-state index contributed by atoms with van der Waals surface area (Å²) < 4.78 is 1.34. The SMILES string of the molecule is O=C(N1CCC(O)CC1)N(Cl)[C@H]1CCCNC1. The third-order valence-corrected chi connectivity index (χ3v) is 3.93. The minimum absolute atomic E-state index is 0.0877. The van der Waals surface area contributed by atoms with Crippen molar-refractivity contribution in [3.8, 4) is 0 Å². The number of aliphatic hydroxyl groups is 1. The normalized spacial score (nSPS) is 26.9. The van der Waals surface area contributed by atoms with E-state index in [0.717, 1.165) is 25.9 Å². The second kappa shape index (κ2) is 5.89. The summed E-state index contributed by atoms with van der Waals surface area (Å²) in [6.07, 6.45) is 3.05. The zero-order chi connectivity index (χ0) is 12.3. The summed E-state index contributed by atoms with van der Waals surface area (Å²) in [7, 11) is 0. The number of amides is 2. The van der Waals surface area contributed by atoms with Gasteiger partial charge in [0, 0.05) is 31.4 Å². The van der Waals surface area contributed by atoms with Crippen LogP contribution in [0, 0.1) is 0 Å². The monoisotopic (exact) mass is 261 g/mol. The molecule has 0 radical (unpaired) electrons. The zero-order valence-electron chi connectivity index (χ0n) is 9.94. The predicted molar refractivity (Wildman–Crippen MR) is 65.8 cm³/mol. The number of aliphatic hydroxyl groups excluding tert-OH is 1. The molecule has 2 heterocycles. The summed E-state index contributed by atoms with van der Waals surface area (Å²) in [5.41, 5.74) is 0. The van der Waals surface area contributed by atoms with Crippen molar-refractivity contribution in [2.75, 3.05) is 26.2 Å². The van der Waals surface area contributed by atoms with Crippen LogP contribution in [-0.4, -0.2) is 58.8 Å². The summed E-state index contributed by atoms with van der Waals surface area (Å²) in [5, 5.41) is 12.6. The topological polar surface area (TPSA) is 55.8 Å². The molecule has 0 aromatic rings. The summed E-state index contributed by atoms with van der Waals surface area (Å²) in [4.78, 5) is 13.8. The van der Waals surface area contributed by atoms with Crippen molar-refractivity contribution < 1.29 is 9.90 Å². The first-order valence-electron chi connectivity index (χ1n) is 6.31. The summed E-state index contributed by atoms with van der Waals surface area (Å²) in [5.74, 6) is 0. The lowest BCUT2D eigenvalue weighted by atomic mass is 10.1. The Morgan fingerprint density at radius 1 is 1.35 bits per heavy atom. The second-order valence-electron chi connectivity index (χ2n) is 4.81. The van der Waals surface area contributed by atoms with Crippen LogP contribution in [-0.2, 0) is 0 Å². The molecule has 17 heavy (non-hydrogen) atoms. The third-order valence-electron chi connectivity index (χ3n) is 3.51. The van der Waals surface area contributed by atoms with Gasteiger partial charge in [-0.2, -0.15) is 0 Å². The molecular weight excluding hydrogens is 242 g/mol. The van der Waals surface area contributed by atoms with E-state index in [1.54, 1.807) is 4.90 Å². The largest absolute Gasteiger partial charge is 0.393 e. The number of nitrogens with one attached hydrogen (secondary N) is 1. The maximum absolute atomic E-state index is 12.1. The van der Waals surface area contributed by atoms with E-state index in [-0.39, 0.29) is 18.2 Å². The minimum Gasteiger partial charge on any atom is -0.393 e. The smallest absolute Gasteiger partial charge is 0.334 e. The Morgan fingerprint density at radius 2 is 2.06 bits per heavy atom. The highest BCUT2D eigenvalue weighted by Crippen LogP contribution is 2.18. The molecule has 6 heteroatoms. The molecule has 1 atom stereocenters.